The number of alkyl carbamates (subject to hydrolysis) is 1. The molecule has 0 aliphatic rings. The van der Waals surface area contributed by atoms with Gasteiger partial charge in [0.2, 0.25) is 0 Å². The molecule has 0 aliphatic carbocycles. The minimum Gasteiger partial charge on any atom is -0.444 e. The summed E-state index contributed by atoms with van der Waals surface area (Å²) in [7, 11) is -2.51. The summed E-state index contributed by atoms with van der Waals surface area (Å²) in [6, 6.07) is 21.5. The van der Waals surface area contributed by atoms with Crippen LogP contribution in [0.3, 0.4) is 0 Å². The van der Waals surface area contributed by atoms with Crippen molar-refractivity contribution in [1.82, 2.24) is 5.32 Å². The van der Waals surface area contributed by atoms with Crippen LogP contribution in [0.25, 0.3) is 0 Å². The summed E-state index contributed by atoms with van der Waals surface area (Å²) < 4.78 is 12.4. The fraction of sp³-hybridized carbons (Fsp3) is 0.519. The van der Waals surface area contributed by atoms with Gasteiger partial charge in [-0.2, -0.15) is 0 Å². The van der Waals surface area contributed by atoms with E-state index in [9.17, 15) is 4.79 Å². The summed E-state index contributed by atoms with van der Waals surface area (Å²) >= 11 is 0. The molecule has 0 aromatic heterocycles. The summed E-state index contributed by atoms with van der Waals surface area (Å²) in [6.45, 7) is 15.3. The van der Waals surface area contributed by atoms with Crippen LogP contribution in [0.2, 0.25) is 5.04 Å². The molecule has 0 bridgehead atoms. The molecule has 0 aliphatic heterocycles. The summed E-state index contributed by atoms with van der Waals surface area (Å²) in [5.41, 5.74) is -0.491. The van der Waals surface area contributed by atoms with Gasteiger partial charge in [0.15, 0.2) is 0 Å². The molecule has 1 amide bonds. The fourth-order valence-electron chi connectivity index (χ4n) is 4.17. The highest BCUT2D eigenvalue weighted by molar-refractivity contribution is 6.99. The molecule has 0 saturated heterocycles. The SMILES string of the molecule is CC[C@H](CCCO[Si](c1ccccc1)(c1ccccc1)C(C)(C)C)NC(=O)OC(C)(C)C. The first-order valence-electron chi connectivity index (χ1n) is 11.7. The lowest BCUT2D eigenvalue weighted by Crippen LogP contribution is -2.66. The number of carbonyl (C=O) groups is 1. The van der Waals surface area contributed by atoms with Gasteiger partial charge in [-0.15, -0.1) is 0 Å². The molecule has 2 rings (SSSR count). The van der Waals surface area contributed by atoms with Crippen molar-refractivity contribution in [2.75, 3.05) is 6.61 Å². The second-order valence-corrected chi connectivity index (χ2v) is 14.7. The van der Waals surface area contributed by atoms with Gasteiger partial charge in [-0.25, -0.2) is 4.79 Å². The van der Waals surface area contributed by atoms with Crippen LogP contribution in [0, 0.1) is 0 Å². The van der Waals surface area contributed by atoms with E-state index >= 15 is 0 Å². The van der Waals surface area contributed by atoms with E-state index in [1.807, 2.05) is 20.8 Å². The molecule has 1 N–H and O–H groups in total. The lowest BCUT2D eigenvalue weighted by atomic mass is 10.1. The monoisotopic (exact) mass is 455 g/mol. The number of rotatable bonds is 9. The lowest BCUT2D eigenvalue weighted by Gasteiger charge is -2.43. The number of benzene rings is 2. The van der Waals surface area contributed by atoms with Gasteiger partial charge < -0.3 is 14.5 Å². The van der Waals surface area contributed by atoms with Crippen molar-refractivity contribution in [2.24, 2.45) is 0 Å². The minimum atomic E-state index is -2.51. The quantitative estimate of drug-likeness (QED) is 0.393. The Bertz CT molecular complexity index is 786. The predicted octanol–water partition coefficient (Wildman–Crippen LogP) is 5.65. The first-order valence-corrected chi connectivity index (χ1v) is 13.6. The highest BCUT2D eigenvalue weighted by atomic mass is 28.4. The van der Waals surface area contributed by atoms with E-state index in [-0.39, 0.29) is 17.2 Å². The third-order valence-electron chi connectivity index (χ3n) is 5.65. The second kappa shape index (κ2) is 11.1. The van der Waals surface area contributed by atoms with Gasteiger partial charge in [0.1, 0.15) is 5.60 Å². The van der Waals surface area contributed by atoms with E-state index in [1.165, 1.54) is 10.4 Å². The number of carbonyl (C=O) groups excluding carboxylic acids is 1. The normalized spacial score (nSPS) is 13.5. The fourth-order valence-corrected chi connectivity index (χ4v) is 8.78. The van der Waals surface area contributed by atoms with Crippen LogP contribution in [0.5, 0.6) is 0 Å². The maximum Gasteiger partial charge on any atom is 0.407 e. The molecule has 0 spiro atoms. The number of ether oxygens (including phenoxy) is 1. The largest absolute Gasteiger partial charge is 0.444 e. The molecule has 5 heteroatoms. The molecule has 0 unspecified atom stereocenters. The van der Waals surface area contributed by atoms with Crippen molar-refractivity contribution in [3.63, 3.8) is 0 Å². The number of hydrogen-bond donors (Lipinski definition) is 1. The molecule has 4 nitrogen and oxygen atoms in total. The number of amides is 1. The van der Waals surface area contributed by atoms with Gasteiger partial charge in [0.05, 0.1) is 0 Å². The number of nitrogens with one attached hydrogen (secondary N) is 1. The molecular weight excluding hydrogens is 414 g/mol. The molecule has 0 radical (unpaired) electrons. The molecule has 0 heterocycles. The van der Waals surface area contributed by atoms with Crippen molar-refractivity contribution >= 4 is 24.8 Å². The minimum absolute atomic E-state index is 0.0331. The van der Waals surface area contributed by atoms with E-state index in [1.54, 1.807) is 0 Å². The van der Waals surface area contributed by atoms with Crippen LogP contribution in [0.1, 0.15) is 67.7 Å². The molecule has 2 aromatic carbocycles. The van der Waals surface area contributed by atoms with Crippen molar-refractivity contribution < 1.29 is 14.0 Å². The Morgan fingerprint density at radius 1 is 0.906 bits per heavy atom. The first-order chi connectivity index (χ1) is 15.0. The standard InChI is InChI=1S/C27H41NO3Si/c1-8-22(28-25(29)31-26(2,3)4)16-15-21-30-32(27(5,6)7,23-17-11-9-12-18-23)24-19-13-10-14-20-24/h9-14,17-20,22H,8,15-16,21H2,1-7H3,(H,28,29)/t22-/m1/s1. The Labute approximate surface area is 195 Å². The van der Waals surface area contributed by atoms with Gasteiger partial charge in [-0.1, -0.05) is 88.4 Å². The topological polar surface area (TPSA) is 47.6 Å². The highest BCUT2D eigenvalue weighted by Gasteiger charge is 2.49. The summed E-state index contributed by atoms with van der Waals surface area (Å²) in [4.78, 5) is 12.2. The molecule has 0 saturated carbocycles. The van der Waals surface area contributed by atoms with Crippen LogP contribution in [-0.4, -0.2) is 32.7 Å². The second-order valence-electron chi connectivity index (χ2n) is 10.4. The Hall–Kier alpha value is -2.11. The Balaban J connectivity index is 2.15. The van der Waals surface area contributed by atoms with E-state index in [2.05, 4.69) is 93.7 Å². The highest BCUT2D eigenvalue weighted by Crippen LogP contribution is 2.36. The molecular formula is C27H41NO3Si. The van der Waals surface area contributed by atoms with Crippen molar-refractivity contribution in [3.05, 3.63) is 60.7 Å². The molecule has 2 aromatic rings. The molecule has 1 atom stereocenters. The Morgan fingerprint density at radius 2 is 1.41 bits per heavy atom. The van der Waals surface area contributed by atoms with Crippen LogP contribution in [0.15, 0.2) is 60.7 Å². The Kier molecular flexibility index (Phi) is 9.11. The van der Waals surface area contributed by atoms with Crippen molar-refractivity contribution in [3.8, 4) is 0 Å². The average molecular weight is 456 g/mol. The smallest absolute Gasteiger partial charge is 0.407 e. The molecule has 0 fully saturated rings. The van der Waals surface area contributed by atoms with Crippen LogP contribution in [0.4, 0.5) is 4.79 Å². The first kappa shape index (κ1) is 26.1. The van der Waals surface area contributed by atoms with E-state index in [0.29, 0.717) is 6.61 Å². The third-order valence-corrected chi connectivity index (χ3v) is 10.7. The van der Waals surface area contributed by atoms with Gasteiger partial charge in [-0.3, -0.25) is 0 Å². The summed E-state index contributed by atoms with van der Waals surface area (Å²) in [5, 5.41) is 5.55. The van der Waals surface area contributed by atoms with Crippen molar-refractivity contribution in [2.45, 2.75) is 84.4 Å². The zero-order valence-electron chi connectivity index (χ0n) is 20.9. The van der Waals surface area contributed by atoms with E-state index < -0.39 is 13.9 Å². The predicted molar refractivity (Wildman–Crippen MR) is 136 cm³/mol. The summed E-state index contributed by atoms with van der Waals surface area (Å²) in [6.07, 6.45) is 2.24. The van der Waals surface area contributed by atoms with Crippen molar-refractivity contribution in [1.29, 1.82) is 0 Å². The zero-order valence-corrected chi connectivity index (χ0v) is 21.9. The molecule has 176 valence electrons. The van der Waals surface area contributed by atoms with Gasteiger partial charge in [0.25, 0.3) is 8.32 Å². The number of hydrogen-bond acceptors (Lipinski definition) is 3. The van der Waals surface area contributed by atoms with E-state index in [4.69, 9.17) is 9.16 Å². The maximum absolute atomic E-state index is 12.2. The van der Waals surface area contributed by atoms with Crippen LogP contribution in [-0.2, 0) is 9.16 Å². The van der Waals surface area contributed by atoms with Gasteiger partial charge >= 0.3 is 6.09 Å². The zero-order chi connectivity index (χ0) is 23.8. The lowest BCUT2D eigenvalue weighted by molar-refractivity contribution is 0.0498. The molecule has 32 heavy (non-hydrogen) atoms. The maximum atomic E-state index is 12.2. The Morgan fingerprint density at radius 3 is 1.81 bits per heavy atom. The van der Waals surface area contributed by atoms with Crippen LogP contribution >= 0.6 is 0 Å². The average Bonchev–Trinajstić information content (AvgIpc) is 2.72. The van der Waals surface area contributed by atoms with E-state index in [0.717, 1.165) is 19.3 Å². The van der Waals surface area contributed by atoms with Gasteiger partial charge in [0, 0.05) is 12.6 Å². The third kappa shape index (κ3) is 6.94. The van der Waals surface area contributed by atoms with Gasteiger partial charge in [-0.05, 0) is 55.4 Å². The summed E-state index contributed by atoms with van der Waals surface area (Å²) in [5.74, 6) is 0. The van der Waals surface area contributed by atoms with Crippen LogP contribution < -0.4 is 15.7 Å².